The number of hydrogen-bond donors (Lipinski definition) is 2. The number of hydrogen-bond acceptors (Lipinski definition) is 6. The lowest BCUT2D eigenvalue weighted by Gasteiger charge is -2.05. The van der Waals surface area contributed by atoms with Crippen molar-refractivity contribution in [1.82, 2.24) is 9.97 Å². The average molecular weight is 231 g/mol. The molecule has 0 bridgehead atoms. The Hall–Kier alpha value is -1.56. The maximum atomic E-state index is 11.0. The molecule has 1 aromatic heterocycles. The van der Waals surface area contributed by atoms with Gasteiger partial charge in [-0.05, 0) is 6.92 Å². The van der Waals surface area contributed by atoms with Gasteiger partial charge in [0.25, 0.3) is 0 Å². The minimum atomic E-state index is -0.370. The summed E-state index contributed by atoms with van der Waals surface area (Å²) in [6.07, 6.45) is 0. The zero-order chi connectivity index (χ0) is 11.3. The molecule has 0 radical (unpaired) electrons. The van der Waals surface area contributed by atoms with Gasteiger partial charge in [-0.25, -0.2) is 4.98 Å². The van der Waals surface area contributed by atoms with Crippen molar-refractivity contribution in [2.45, 2.75) is 6.92 Å². The monoisotopic (exact) mass is 230 g/mol. The van der Waals surface area contributed by atoms with E-state index in [0.29, 0.717) is 12.4 Å². The Balaban J connectivity index is 2.54. The zero-order valence-corrected chi connectivity index (χ0v) is 8.91. The molecule has 0 unspecified atom stereocenters. The summed E-state index contributed by atoms with van der Waals surface area (Å²) in [7, 11) is 0. The van der Waals surface area contributed by atoms with Crippen molar-refractivity contribution >= 4 is 29.3 Å². The van der Waals surface area contributed by atoms with Gasteiger partial charge in [-0.15, -0.1) is 0 Å². The Labute approximate surface area is 91.8 Å². The summed E-state index contributed by atoms with van der Waals surface area (Å²) < 4.78 is 4.72. The predicted molar refractivity (Wildman–Crippen MR) is 56.6 cm³/mol. The highest BCUT2D eigenvalue weighted by molar-refractivity contribution is 6.29. The number of carbonyl (C=O) groups is 1. The summed E-state index contributed by atoms with van der Waals surface area (Å²) >= 11 is 5.64. The summed E-state index contributed by atoms with van der Waals surface area (Å²) in [6, 6.07) is 1.47. The zero-order valence-electron chi connectivity index (χ0n) is 8.16. The first-order valence-corrected chi connectivity index (χ1v) is 4.69. The van der Waals surface area contributed by atoms with E-state index in [0.717, 1.165) is 0 Å². The number of rotatable bonds is 4. The summed E-state index contributed by atoms with van der Waals surface area (Å²) in [5.74, 6) is 0.0696. The van der Waals surface area contributed by atoms with Gasteiger partial charge < -0.3 is 15.8 Å². The number of nitrogens with one attached hydrogen (secondary N) is 1. The summed E-state index contributed by atoms with van der Waals surface area (Å²) in [6.45, 7) is 2.09. The number of nitrogen functional groups attached to an aromatic ring is 1. The first kappa shape index (κ1) is 11.5. The van der Waals surface area contributed by atoms with Gasteiger partial charge in [0.15, 0.2) is 0 Å². The maximum Gasteiger partial charge on any atom is 0.325 e. The largest absolute Gasteiger partial charge is 0.465 e. The highest BCUT2D eigenvalue weighted by atomic mass is 35.5. The number of nitrogens with zero attached hydrogens (tertiary/aromatic N) is 2. The maximum absolute atomic E-state index is 11.0. The molecule has 1 heterocycles. The van der Waals surface area contributed by atoms with Crippen molar-refractivity contribution in [2.75, 3.05) is 24.2 Å². The van der Waals surface area contributed by atoms with E-state index >= 15 is 0 Å². The number of aromatic nitrogens is 2. The third kappa shape index (κ3) is 3.99. The molecule has 0 amide bonds. The first-order chi connectivity index (χ1) is 7.11. The van der Waals surface area contributed by atoms with Crippen LogP contribution in [-0.2, 0) is 9.53 Å². The number of halogens is 1. The second kappa shape index (κ2) is 5.35. The first-order valence-electron chi connectivity index (χ1n) is 4.31. The van der Waals surface area contributed by atoms with E-state index in [1.807, 2.05) is 0 Å². The van der Waals surface area contributed by atoms with Crippen LogP contribution in [0.25, 0.3) is 0 Å². The van der Waals surface area contributed by atoms with Crippen LogP contribution in [0, 0.1) is 0 Å². The molecule has 6 nitrogen and oxygen atoms in total. The van der Waals surface area contributed by atoms with Crippen molar-refractivity contribution in [3.05, 3.63) is 11.2 Å². The number of ether oxygens (including phenoxy) is 1. The lowest BCUT2D eigenvalue weighted by atomic mass is 10.5. The van der Waals surface area contributed by atoms with E-state index in [-0.39, 0.29) is 23.6 Å². The van der Waals surface area contributed by atoms with Gasteiger partial charge >= 0.3 is 5.97 Å². The lowest BCUT2D eigenvalue weighted by Crippen LogP contribution is -2.17. The Morgan fingerprint density at radius 1 is 1.67 bits per heavy atom. The van der Waals surface area contributed by atoms with Crippen molar-refractivity contribution in [3.8, 4) is 0 Å². The van der Waals surface area contributed by atoms with Crippen molar-refractivity contribution in [1.29, 1.82) is 0 Å². The van der Waals surface area contributed by atoms with Gasteiger partial charge in [0.05, 0.1) is 6.61 Å². The number of carbonyl (C=O) groups excluding carboxylic acids is 1. The van der Waals surface area contributed by atoms with Crippen molar-refractivity contribution in [3.63, 3.8) is 0 Å². The molecular formula is C8H11ClN4O2. The molecule has 15 heavy (non-hydrogen) atoms. The van der Waals surface area contributed by atoms with E-state index in [9.17, 15) is 4.79 Å². The van der Waals surface area contributed by atoms with Crippen molar-refractivity contribution < 1.29 is 9.53 Å². The van der Waals surface area contributed by atoms with Gasteiger partial charge in [-0.1, -0.05) is 11.6 Å². The molecule has 82 valence electrons. The summed E-state index contributed by atoms with van der Waals surface area (Å²) in [4.78, 5) is 18.5. The molecule has 0 saturated heterocycles. The topological polar surface area (TPSA) is 90.1 Å². The second-order valence-electron chi connectivity index (χ2n) is 2.59. The molecule has 0 aliphatic rings. The highest BCUT2D eigenvalue weighted by Gasteiger charge is 2.04. The fraction of sp³-hybridized carbons (Fsp3) is 0.375. The van der Waals surface area contributed by atoms with Gasteiger partial charge in [0, 0.05) is 6.07 Å². The van der Waals surface area contributed by atoms with Crippen LogP contribution in [0.5, 0.6) is 0 Å². The molecule has 0 fully saturated rings. The Kier molecular flexibility index (Phi) is 4.11. The third-order valence-electron chi connectivity index (χ3n) is 1.43. The van der Waals surface area contributed by atoms with Crippen LogP contribution in [0.1, 0.15) is 6.92 Å². The van der Waals surface area contributed by atoms with E-state index in [4.69, 9.17) is 22.1 Å². The quantitative estimate of drug-likeness (QED) is 0.584. The molecule has 0 spiro atoms. The van der Waals surface area contributed by atoms with Gasteiger partial charge in [-0.3, -0.25) is 4.79 Å². The Bertz CT molecular complexity index is 338. The Morgan fingerprint density at radius 2 is 2.40 bits per heavy atom. The number of esters is 1. The van der Waals surface area contributed by atoms with Crippen LogP contribution < -0.4 is 11.1 Å². The van der Waals surface area contributed by atoms with Gasteiger partial charge in [0.1, 0.15) is 17.5 Å². The van der Waals surface area contributed by atoms with E-state index in [1.165, 1.54) is 6.07 Å². The lowest BCUT2D eigenvalue weighted by molar-refractivity contribution is -0.140. The smallest absolute Gasteiger partial charge is 0.325 e. The second-order valence-corrected chi connectivity index (χ2v) is 2.98. The standard InChI is InChI=1S/C8H11ClN4O2/c1-2-15-7(14)4-11-6-3-5(9)12-8(10)13-6/h3H,2,4H2,1H3,(H3,10,11,12,13). The number of nitrogens with two attached hydrogens (primary N) is 1. The molecule has 0 aliphatic carbocycles. The van der Waals surface area contributed by atoms with Crippen LogP contribution in [0.3, 0.4) is 0 Å². The normalized spacial score (nSPS) is 9.73. The van der Waals surface area contributed by atoms with E-state index in [1.54, 1.807) is 6.92 Å². The van der Waals surface area contributed by atoms with Crippen LogP contribution in [0.4, 0.5) is 11.8 Å². The van der Waals surface area contributed by atoms with Crippen LogP contribution in [0.15, 0.2) is 6.07 Å². The molecule has 1 aromatic rings. The number of anilines is 2. The van der Waals surface area contributed by atoms with Crippen LogP contribution in [0.2, 0.25) is 5.15 Å². The fourth-order valence-electron chi connectivity index (χ4n) is 0.901. The molecule has 1 rings (SSSR count). The molecular weight excluding hydrogens is 220 g/mol. The van der Waals surface area contributed by atoms with Crippen LogP contribution >= 0.6 is 11.6 Å². The molecule has 3 N–H and O–H groups in total. The van der Waals surface area contributed by atoms with E-state index in [2.05, 4.69) is 15.3 Å². The fourth-order valence-corrected chi connectivity index (χ4v) is 1.09. The SMILES string of the molecule is CCOC(=O)CNc1cc(Cl)nc(N)n1. The van der Waals surface area contributed by atoms with Crippen molar-refractivity contribution in [2.24, 2.45) is 0 Å². The Morgan fingerprint density at radius 3 is 3.00 bits per heavy atom. The molecule has 0 aromatic carbocycles. The highest BCUT2D eigenvalue weighted by Crippen LogP contribution is 2.11. The summed E-state index contributed by atoms with van der Waals surface area (Å²) in [5, 5.41) is 2.94. The predicted octanol–water partition coefficient (Wildman–Crippen LogP) is 0.687. The van der Waals surface area contributed by atoms with Gasteiger partial charge in [-0.2, -0.15) is 4.98 Å². The molecule has 0 saturated carbocycles. The molecule has 7 heteroatoms. The van der Waals surface area contributed by atoms with Crippen LogP contribution in [-0.4, -0.2) is 29.1 Å². The summed E-state index contributed by atoms with van der Waals surface area (Å²) in [5.41, 5.74) is 5.36. The average Bonchev–Trinajstić information content (AvgIpc) is 2.14. The third-order valence-corrected chi connectivity index (χ3v) is 1.62. The molecule has 0 aliphatic heterocycles. The molecule has 0 atom stereocenters. The minimum absolute atomic E-state index is 0.0145. The van der Waals surface area contributed by atoms with Gasteiger partial charge in [0.2, 0.25) is 5.95 Å². The minimum Gasteiger partial charge on any atom is -0.465 e. The van der Waals surface area contributed by atoms with E-state index < -0.39 is 0 Å².